The van der Waals surface area contributed by atoms with Crippen LogP contribution < -0.4 is 4.90 Å². The van der Waals surface area contributed by atoms with Gasteiger partial charge >= 0.3 is 6.18 Å². The molecule has 0 bridgehead atoms. The van der Waals surface area contributed by atoms with Crippen LogP contribution in [0.3, 0.4) is 0 Å². The molecule has 7 heteroatoms. The first kappa shape index (κ1) is 12.8. The predicted octanol–water partition coefficient (Wildman–Crippen LogP) is 1.66. The van der Waals surface area contributed by atoms with E-state index in [0.717, 1.165) is 0 Å². The van der Waals surface area contributed by atoms with Crippen LogP contribution in [-0.2, 0) is 4.74 Å². The van der Waals surface area contributed by atoms with E-state index in [0.29, 0.717) is 24.2 Å². The summed E-state index contributed by atoms with van der Waals surface area (Å²) in [6, 6.07) is 3.05. The van der Waals surface area contributed by atoms with E-state index in [4.69, 9.17) is 0 Å². The molecular weight excluding hydrogens is 249 g/mol. The highest BCUT2D eigenvalue weighted by molar-refractivity contribution is 5.74. The average Bonchev–Trinajstić information content (AvgIpc) is 2.38. The van der Waals surface area contributed by atoms with Gasteiger partial charge in [0, 0.05) is 18.3 Å². The molecule has 1 aromatic heterocycles. The number of anilines is 1. The Balaban J connectivity index is 2.10. The van der Waals surface area contributed by atoms with Gasteiger partial charge in [-0.3, -0.25) is 4.79 Å². The summed E-state index contributed by atoms with van der Waals surface area (Å²) in [6.45, 7) is 0.0677. The summed E-state index contributed by atoms with van der Waals surface area (Å²) in [5.41, 5.74) is 0.388. The van der Waals surface area contributed by atoms with Crippen molar-refractivity contribution >= 4 is 12.1 Å². The van der Waals surface area contributed by atoms with Crippen LogP contribution in [0.5, 0.6) is 0 Å². The molecule has 1 aliphatic rings. The van der Waals surface area contributed by atoms with E-state index in [2.05, 4.69) is 9.72 Å². The smallest absolute Gasteiger partial charge is 0.365 e. The molecule has 4 nitrogen and oxygen atoms in total. The first-order chi connectivity index (χ1) is 8.50. The summed E-state index contributed by atoms with van der Waals surface area (Å²) in [7, 11) is 0. The number of carbonyl (C=O) groups is 1. The third-order valence-electron chi connectivity index (χ3n) is 2.66. The quantitative estimate of drug-likeness (QED) is 0.758. The van der Waals surface area contributed by atoms with Gasteiger partial charge in [-0.25, -0.2) is 4.98 Å². The number of nitrogens with zero attached hydrogens (tertiary/aromatic N) is 2. The zero-order valence-electron chi connectivity index (χ0n) is 9.35. The van der Waals surface area contributed by atoms with E-state index < -0.39 is 12.3 Å². The number of hydrogen-bond donors (Lipinski definition) is 0. The van der Waals surface area contributed by atoms with Gasteiger partial charge in [-0.05, 0) is 12.1 Å². The number of halogens is 3. The van der Waals surface area contributed by atoms with E-state index in [1.54, 1.807) is 0 Å². The summed E-state index contributed by atoms with van der Waals surface area (Å²) < 4.78 is 42.3. The van der Waals surface area contributed by atoms with Crippen molar-refractivity contribution in [2.24, 2.45) is 0 Å². The highest BCUT2D eigenvalue weighted by atomic mass is 19.4. The fourth-order valence-electron chi connectivity index (χ4n) is 1.71. The number of carbonyl (C=O) groups excluding carboxylic acids is 1. The molecule has 2 heterocycles. The van der Waals surface area contributed by atoms with Crippen molar-refractivity contribution in [3.05, 3.63) is 23.9 Å². The Hall–Kier alpha value is -1.63. The Morgan fingerprint density at radius 2 is 2.22 bits per heavy atom. The van der Waals surface area contributed by atoms with E-state index in [1.807, 2.05) is 0 Å². The maximum absolute atomic E-state index is 12.5. The maximum Gasteiger partial charge on any atom is 0.416 e. The number of aromatic nitrogens is 1. The minimum Gasteiger partial charge on any atom is -0.365 e. The first-order valence-corrected chi connectivity index (χ1v) is 5.35. The van der Waals surface area contributed by atoms with Crippen LogP contribution in [0.15, 0.2) is 18.3 Å². The highest BCUT2D eigenvalue weighted by Crippen LogP contribution is 2.27. The van der Waals surface area contributed by atoms with Crippen LogP contribution in [0.2, 0.25) is 0 Å². The molecular formula is C11H11F3N2O2. The minimum absolute atomic E-state index is 0.00128. The van der Waals surface area contributed by atoms with E-state index >= 15 is 0 Å². The zero-order chi connectivity index (χ0) is 13.2. The van der Waals surface area contributed by atoms with Gasteiger partial charge in [0.15, 0.2) is 12.4 Å². The third kappa shape index (κ3) is 2.79. The molecule has 98 valence electrons. The number of rotatable bonds is 2. The standard InChI is InChI=1S/C11H11F3N2O2/c12-11(13,14)9-6-16(3-4-18-9)10-2-1-8(7-17)5-15-10/h1-2,5,7,9H,3-4,6H2. The Morgan fingerprint density at radius 3 is 2.78 bits per heavy atom. The molecule has 0 N–H and O–H groups in total. The molecule has 0 aliphatic carbocycles. The Kier molecular flexibility index (Phi) is 3.51. The van der Waals surface area contributed by atoms with Gasteiger partial charge in [0.1, 0.15) is 5.82 Å². The molecule has 0 saturated carbocycles. The van der Waals surface area contributed by atoms with Gasteiger partial charge in [0.05, 0.1) is 13.2 Å². The van der Waals surface area contributed by atoms with Gasteiger partial charge in [-0.2, -0.15) is 13.2 Å². The van der Waals surface area contributed by atoms with E-state index in [9.17, 15) is 18.0 Å². The number of hydrogen-bond acceptors (Lipinski definition) is 4. The van der Waals surface area contributed by atoms with Gasteiger partial charge < -0.3 is 9.64 Å². The molecule has 1 fully saturated rings. The summed E-state index contributed by atoms with van der Waals surface area (Å²) in [5, 5.41) is 0. The van der Waals surface area contributed by atoms with Crippen molar-refractivity contribution < 1.29 is 22.7 Å². The number of ether oxygens (including phenoxy) is 1. The molecule has 18 heavy (non-hydrogen) atoms. The Bertz CT molecular complexity index is 419. The lowest BCUT2D eigenvalue weighted by Gasteiger charge is -2.34. The molecule has 1 atom stereocenters. The minimum atomic E-state index is -4.37. The molecule has 1 aromatic rings. The average molecular weight is 260 g/mol. The fraction of sp³-hybridized carbons (Fsp3) is 0.455. The third-order valence-corrected chi connectivity index (χ3v) is 2.66. The predicted molar refractivity (Wildman–Crippen MR) is 57.6 cm³/mol. The lowest BCUT2D eigenvalue weighted by molar-refractivity contribution is -0.221. The number of morpholine rings is 1. The number of pyridine rings is 1. The van der Waals surface area contributed by atoms with Gasteiger partial charge in [-0.15, -0.1) is 0 Å². The molecule has 1 saturated heterocycles. The second-order valence-electron chi connectivity index (χ2n) is 3.91. The molecule has 0 amide bonds. The van der Waals surface area contributed by atoms with Crippen LogP contribution in [0.1, 0.15) is 10.4 Å². The van der Waals surface area contributed by atoms with Crippen LogP contribution in [0.4, 0.5) is 19.0 Å². The molecule has 0 aromatic carbocycles. The molecule has 1 aliphatic heterocycles. The van der Waals surface area contributed by atoms with Crippen LogP contribution in [-0.4, -0.2) is 43.2 Å². The van der Waals surface area contributed by atoms with Crippen LogP contribution in [0, 0.1) is 0 Å². The molecule has 2 rings (SSSR count). The maximum atomic E-state index is 12.5. The van der Waals surface area contributed by atoms with Crippen molar-refractivity contribution in [2.45, 2.75) is 12.3 Å². The van der Waals surface area contributed by atoms with Crippen LogP contribution >= 0.6 is 0 Å². The molecule has 0 spiro atoms. The largest absolute Gasteiger partial charge is 0.416 e. The van der Waals surface area contributed by atoms with Crippen molar-refractivity contribution in [3.63, 3.8) is 0 Å². The van der Waals surface area contributed by atoms with Crippen molar-refractivity contribution in [1.82, 2.24) is 4.98 Å². The van der Waals surface area contributed by atoms with Crippen LogP contribution in [0.25, 0.3) is 0 Å². The topological polar surface area (TPSA) is 42.4 Å². The molecule has 1 unspecified atom stereocenters. The van der Waals surface area contributed by atoms with Gasteiger partial charge in [-0.1, -0.05) is 0 Å². The second-order valence-corrected chi connectivity index (χ2v) is 3.91. The summed E-state index contributed by atoms with van der Waals surface area (Å²) in [4.78, 5) is 15.9. The Labute approximate surface area is 101 Å². The van der Waals surface area contributed by atoms with Gasteiger partial charge in [0.25, 0.3) is 0 Å². The van der Waals surface area contributed by atoms with Crippen molar-refractivity contribution in [1.29, 1.82) is 0 Å². The van der Waals surface area contributed by atoms with Crippen molar-refractivity contribution in [2.75, 3.05) is 24.6 Å². The number of aldehydes is 1. The van der Waals surface area contributed by atoms with E-state index in [1.165, 1.54) is 23.2 Å². The fourth-order valence-corrected chi connectivity index (χ4v) is 1.71. The zero-order valence-corrected chi connectivity index (χ0v) is 9.35. The normalized spacial score (nSPS) is 20.8. The van der Waals surface area contributed by atoms with Gasteiger partial charge in [0.2, 0.25) is 0 Å². The van der Waals surface area contributed by atoms with Crippen molar-refractivity contribution in [3.8, 4) is 0 Å². The molecule has 0 radical (unpaired) electrons. The lowest BCUT2D eigenvalue weighted by Crippen LogP contribution is -2.49. The first-order valence-electron chi connectivity index (χ1n) is 5.35. The summed E-state index contributed by atoms with van der Waals surface area (Å²) >= 11 is 0. The monoisotopic (exact) mass is 260 g/mol. The highest BCUT2D eigenvalue weighted by Gasteiger charge is 2.43. The van der Waals surface area contributed by atoms with E-state index in [-0.39, 0.29) is 13.2 Å². The summed E-state index contributed by atoms with van der Waals surface area (Å²) in [6.07, 6.45) is -4.20. The summed E-state index contributed by atoms with van der Waals surface area (Å²) in [5.74, 6) is 0.415. The lowest BCUT2D eigenvalue weighted by atomic mass is 10.2. The SMILES string of the molecule is O=Cc1ccc(N2CCOC(C(F)(F)F)C2)nc1. The Morgan fingerprint density at radius 1 is 1.44 bits per heavy atom. The second kappa shape index (κ2) is 4.93. The number of alkyl halides is 3.